The zero-order valence-corrected chi connectivity index (χ0v) is 9.17. The number of carbonyl (C=O) groups excluding carboxylic acids is 1. The average Bonchev–Trinajstić information content (AvgIpc) is 2.27. The van der Waals surface area contributed by atoms with Gasteiger partial charge in [0.2, 0.25) is 5.88 Å². The summed E-state index contributed by atoms with van der Waals surface area (Å²) in [6, 6.07) is 1.07. The number of carbonyl (C=O) groups is 1. The van der Waals surface area contributed by atoms with Crippen LogP contribution in [0.15, 0.2) is 12.3 Å². The molecule has 0 fully saturated rings. The summed E-state index contributed by atoms with van der Waals surface area (Å²) in [5.74, 6) is -0.749. The molecule has 0 N–H and O–H groups in total. The molecular formula is C10H10F3NO3. The predicted octanol–water partition coefficient (Wildman–Crippen LogP) is 1.82. The molecule has 0 amide bonds. The number of hydrogen-bond acceptors (Lipinski definition) is 4. The van der Waals surface area contributed by atoms with Gasteiger partial charge in [-0.05, 0) is 5.56 Å². The van der Waals surface area contributed by atoms with E-state index in [1.165, 1.54) is 7.11 Å². The van der Waals surface area contributed by atoms with E-state index >= 15 is 0 Å². The largest absolute Gasteiger partial charge is 0.481 e. The van der Waals surface area contributed by atoms with Crippen LogP contribution in [0.3, 0.4) is 0 Å². The third-order valence-electron chi connectivity index (χ3n) is 2.04. The molecule has 0 saturated carbocycles. The minimum Gasteiger partial charge on any atom is -0.481 e. The average molecular weight is 249 g/mol. The van der Waals surface area contributed by atoms with Crippen molar-refractivity contribution < 1.29 is 27.4 Å². The minimum absolute atomic E-state index is 0.0110. The Morgan fingerprint density at radius 1 is 1.41 bits per heavy atom. The maximum Gasteiger partial charge on any atom is 0.418 e. The van der Waals surface area contributed by atoms with E-state index in [9.17, 15) is 18.0 Å². The first-order valence-electron chi connectivity index (χ1n) is 4.55. The first kappa shape index (κ1) is 13.3. The number of aromatic nitrogens is 1. The van der Waals surface area contributed by atoms with Gasteiger partial charge in [-0.15, -0.1) is 0 Å². The summed E-state index contributed by atoms with van der Waals surface area (Å²) in [6.07, 6.45) is -4.41. The number of nitrogens with zero attached hydrogens (tertiary/aromatic N) is 1. The third kappa shape index (κ3) is 3.33. The van der Waals surface area contributed by atoms with Crippen molar-refractivity contribution in [1.82, 2.24) is 4.98 Å². The summed E-state index contributed by atoms with van der Waals surface area (Å²) in [7, 11) is 2.38. The molecule has 94 valence electrons. The number of ether oxygens (including phenoxy) is 2. The Bertz CT molecular complexity index is 418. The quantitative estimate of drug-likeness (QED) is 0.767. The summed E-state index contributed by atoms with van der Waals surface area (Å²) in [5.41, 5.74) is -1.19. The highest BCUT2D eigenvalue weighted by Crippen LogP contribution is 2.33. The van der Waals surface area contributed by atoms with Crippen molar-refractivity contribution in [2.24, 2.45) is 0 Å². The standard InChI is InChI=1S/C10H10F3NO3/c1-16-8-3-6(4-9(15)17-2)7(5-14-8)10(11,12)13/h3,5H,4H2,1-2H3. The molecule has 0 saturated heterocycles. The van der Waals surface area contributed by atoms with Gasteiger partial charge in [0.25, 0.3) is 0 Å². The normalized spacial score (nSPS) is 11.1. The van der Waals surface area contributed by atoms with E-state index in [4.69, 9.17) is 4.74 Å². The Morgan fingerprint density at radius 3 is 2.53 bits per heavy atom. The molecule has 0 aliphatic carbocycles. The maximum absolute atomic E-state index is 12.6. The van der Waals surface area contributed by atoms with Crippen LogP contribution in [0.4, 0.5) is 13.2 Å². The fraction of sp³-hybridized carbons (Fsp3) is 0.400. The van der Waals surface area contributed by atoms with Gasteiger partial charge < -0.3 is 9.47 Å². The van der Waals surface area contributed by atoms with Crippen molar-refractivity contribution in [2.45, 2.75) is 12.6 Å². The Labute approximate surface area is 95.4 Å². The SMILES string of the molecule is COC(=O)Cc1cc(OC)ncc1C(F)(F)F. The van der Waals surface area contributed by atoms with Gasteiger partial charge in [0.1, 0.15) is 0 Å². The molecular weight excluding hydrogens is 239 g/mol. The second-order valence-corrected chi connectivity index (χ2v) is 3.13. The Morgan fingerprint density at radius 2 is 2.06 bits per heavy atom. The molecule has 17 heavy (non-hydrogen) atoms. The lowest BCUT2D eigenvalue weighted by Gasteiger charge is -2.12. The number of alkyl halides is 3. The number of methoxy groups -OCH3 is 2. The van der Waals surface area contributed by atoms with Crippen molar-refractivity contribution in [3.05, 3.63) is 23.4 Å². The van der Waals surface area contributed by atoms with Crippen LogP contribution in [0.1, 0.15) is 11.1 Å². The van der Waals surface area contributed by atoms with E-state index in [0.717, 1.165) is 13.2 Å². The van der Waals surface area contributed by atoms with E-state index in [-0.39, 0.29) is 11.4 Å². The van der Waals surface area contributed by atoms with Crippen LogP contribution in [0.5, 0.6) is 5.88 Å². The second-order valence-electron chi connectivity index (χ2n) is 3.13. The summed E-state index contributed by atoms with van der Waals surface area (Å²) >= 11 is 0. The van der Waals surface area contributed by atoms with Gasteiger partial charge in [-0.2, -0.15) is 13.2 Å². The van der Waals surface area contributed by atoms with Gasteiger partial charge in [-0.25, -0.2) is 4.98 Å². The highest BCUT2D eigenvalue weighted by molar-refractivity contribution is 5.73. The number of hydrogen-bond donors (Lipinski definition) is 0. The summed E-state index contributed by atoms with van der Waals surface area (Å²) < 4.78 is 46.9. The highest BCUT2D eigenvalue weighted by atomic mass is 19.4. The highest BCUT2D eigenvalue weighted by Gasteiger charge is 2.34. The van der Waals surface area contributed by atoms with Crippen molar-refractivity contribution in [2.75, 3.05) is 14.2 Å². The van der Waals surface area contributed by atoms with Crippen LogP contribution in [-0.2, 0) is 22.1 Å². The Hall–Kier alpha value is -1.79. The van der Waals surface area contributed by atoms with E-state index in [0.29, 0.717) is 6.20 Å². The molecule has 0 atom stereocenters. The van der Waals surface area contributed by atoms with Crippen LogP contribution >= 0.6 is 0 Å². The molecule has 4 nitrogen and oxygen atoms in total. The lowest BCUT2D eigenvalue weighted by atomic mass is 10.1. The van der Waals surface area contributed by atoms with Crippen LogP contribution in [0.25, 0.3) is 0 Å². The molecule has 7 heteroatoms. The number of esters is 1. The fourth-order valence-electron chi connectivity index (χ4n) is 1.22. The van der Waals surface area contributed by atoms with Crippen LogP contribution in [0, 0.1) is 0 Å². The van der Waals surface area contributed by atoms with E-state index < -0.39 is 24.1 Å². The first-order chi connectivity index (χ1) is 7.88. The van der Waals surface area contributed by atoms with E-state index in [1.54, 1.807) is 0 Å². The van der Waals surface area contributed by atoms with Gasteiger partial charge in [0, 0.05) is 12.3 Å². The maximum atomic E-state index is 12.6. The fourth-order valence-corrected chi connectivity index (χ4v) is 1.22. The number of rotatable bonds is 3. The van der Waals surface area contributed by atoms with Gasteiger partial charge in [0.15, 0.2) is 0 Å². The zero-order valence-electron chi connectivity index (χ0n) is 9.17. The Balaban J connectivity index is 3.16. The molecule has 1 rings (SSSR count). The van der Waals surface area contributed by atoms with Crippen molar-refractivity contribution in [1.29, 1.82) is 0 Å². The minimum atomic E-state index is -4.57. The summed E-state index contributed by atoms with van der Waals surface area (Å²) in [6.45, 7) is 0. The summed E-state index contributed by atoms with van der Waals surface area (Å²) in [4.78, 5) is 14.5. The first-order valence-corrected chi connectivity index (χ1v) is 4.55. The lowest BCUT2D eigenvalue weighted by Crippen LogP contribution is -2.14. The number of halogens is 3. The Kier molecular flexibility index (Phi) is 3.93. The third-order valence-corrected chi connectivity index (χ3v) is 2.04. The molecule has 1 aromatic rings. The van der Waals surface area contributed by atoms with Gasteiger partial charge >= 0.3 is 12.1 Å². The van der Waals surface area contributed by atoms with Crippen molar-refractivity contribution >= 4 is 5.97 Å². The van der Waals surface area contributed by atoms with E-state index in [1.807, 2.05) is 0 Å². The van der Waals surface area contributed by atoms with Crippen LogP contribution in [0.2, 0.25) is 0 Å². The monoisotopic (exact) mass is 249 g/mol. The van der Waals surface area contributed by atoms with Crippen molar-refractivity contribution in [3.8, 4) is 5.88 Å². The zero-order chi connectivity index (χ0) is 13.1. The predicted molar refractivity (Wildman–Crippen MR) is 51.5 cm³/mol. The molecule has 1 aromatic heterocycles. The molecule has 0 aromatic carbocycles. The topological polar surface area (TPSA) is 48.4 Å². The molecule has 0 bridgehead atoms. The molecule has 0 spiro atoms. The second kappa shape index (κ2) is 5.03. The lowest BCUT2D eigenvalue weighted by molar-refractivity contribution is -0.141. The molecule has 0 aliphatic rings. The van der Waals surface area contributed by atoms with Crippen LogP contribution < -0.4 is 4.74 Å². The van der Waals surface area contributed by atoms with Crippen molar-refractivity contribution in [3.63, 3.8) is 0 Å². The molecule has 0 unspecified atom stereocenters. The number of pyridine rings is 1. The smallest absolute Gasteiger partial charge is 0.418 e. The molecule has 0 aliphatic heterocycles. The molecule has 1 heterocycles. The summed E-state index contributed by atoms with van der Waals surface area (Å²) in [5, 5.41) is 0. The van der Waals surface area contributed by atoms with Gasteiger partial charge in [-0.3, -0.25) is 4.79 Å². The van der Waals surface area contributed by atoms with Gasteiger partial charge in [0.05, 0.1) is 26.2 Å². The molecule has 0 radical (unpaired) electrons. The van der Waals surface area contributed by atoms with E-state index in [2.05, 4.69) is 9.72 Å². The van der Waals surface area contributed by atoms with Gasteiger partial charge in [-0.1, -0.05) is 0 Å². The van der Waals surface area contributed by atoms with Crippen LogP contribution in [-0.4, -0.2) is 25.2 Å².